The molecule has 2 aromatic rings. The minimum absolute atomic E-state index is 0.0124. The first kappa shape index (κ1) is 18.2. The highest BCUT2D eigenvalue weighted by atomic mass is 35.5. The number of hydrogen-bond donors (Lipinski definition) is 1. The summed E-state index contributed by atoms with van der Waals surface area (Å²) in [5.41, 5.74) is 1.24. The van der Waals surface area contributed by atoms with Crippen LogP contribution in [0.15, 0.2) is 42.5 Å². The Bertz CT molecular complexity index is 901. The molecule has 1 fully saturated rings. The number of esters is 1. The van der Waals surface area contributed by atoms with Crippen LogP contribution in [0.5, 0.6) is 0 Å². The molecule has 0 unspecified atom stereocenters. The first-order valence-electron chi connectivity index (χ1n) is 7.67. The Hall–Kier alpha value is -2.57. The summed E-state index contributed by atoms with van der Waals surface area (Å²) in [7, 11) is 1.29. The number of hydrogen-bond acceptors (Lipinski definition) is 5. The summed E-state index contributed by atoms with van der Waals surface area (Å²) in [5.74, 6) is -1.24. The molecule has 0 saturated carbocycles. The Morgan fingerprint density at radius 3 is 2.62 bits per heavy atom. The number of nitrogens with zero attached hydrogens (tertiary/aromatic N) is 1. The van der Waals surface area contributed by atoms with Gasteiger partial charge < -0.3 is 10.1 Å². The van der Waals surface area contributed by atoms with Crippen LogP contribution in [0.25, 0.3) is 0 Å². The fourth-order valence-electron chi connectivity index (χ4n) is 2.70. The van der Waals surface area contributed by atoms with Crippen LogP contribution >= 0.6 is 23.2 Å². The highest BCUT2D eigenvalue weighted by Crippen LogP contribution is 2.31. The average molecular weight is 393 g/mol. The van der Waals surface area contributed by atoms with Gasteiger partial charge in [0.15, 0.2) is 0 Å². The van der Waals surface area contributed by atoms with Crippen molar-refractivity contribution in [2.45, 2.75) is 12.5 Å². The van der Waals surface area contributed by atoms with Crippen LogP contribution < -0.4 is 10.2 Å². The molecule has 0 spiro atoms. The van der Waals surface area contributed by atoms with Crippen LogP contribution in [0.4, 0.5) is 11.4 Å². The molecule has 2 aromatic carbocycles. The normalized spacial score (nSPS) is 16.7. The maximum absolute atomic E-state index is 12.7. The van der Waals surface area contributed by atoms with E-state index in [0.717, 1.165) is 4.90 Å². The van der Waals surface area contributed by atoms with Crippen LogP contribution in [-0.4, -0.2) is 30.9 Å². The zero-order valence-electron chi connectivity index (χ0n) is 13.7. The van der Waals surface area contributed by atoms with E-state index in [4.69, 9.17) is 23.2 Å². The SMILES string of the molecule is COC(=O)c1cccc(N[C@H]2CC(=O)N(c3ccc(Cl)c(Cl)c3)C2=O)c1. The molecule has 8 heteroatoms. The number of benzene rings is 2. The van der Waals surface area contributed by atoms with E-state index in [2.05, 4.69) is 10.1 Å². The molecule has 6 nitrogen and oxygen atoms in total. The van der Waals surface area contributed by atoms with Crippen LogP contribution in [0.2, 0.25) is 10.0 Å². The lowest BCUT2D eigenvalue weighted by atomic mass is 10.1. The van der Waals surface area contributed by atoms with Crippen molar-refractivity contribution in [1.82, 2.24) is 0 Å². The Kier molecular flexibility index (Phi) is 5.15. The molecular formula is C18H14Cl2N2O4. The Labute approximate surface area is 159 Å². The molecule has 0 bridgehead atoms. The molecule has 1 atom stereocenters. The second-order valence-electron chi connectivity index (χ2n) is 5.64. The van der Waals surface area contributed by atoms with Crippen molar-refractivity contribution in [1.29, 1.82) is 0 Å². The number of nitrogens with one attached hydrogen (secondary N) is 1. The second kappa shape index (κ2) is 7.35. The predicted molar refractivity (Wildman–Crippen MR) is 98.8 cm³/mol. The molecule has 3 rings (SSSR count). The zero-order chi connectivity index (χ0) is 18.8. The third kappa shape index (κ3) is 3.52. The molecule has 0 radical (unpaired) electrons. The third-order valence-corrected chi connectivity index (χ3v) is 4.67. The number of amides is 2. The molecule has 0 aromatic heterocycles. The van der Waals surface area contributed by atoms with E-state index in [1.807, 2.05) is 0 Å². The standard InChI is InChI=1S/C18H14Cl2N2O4/c1-26-18(25)10-3-2-4-11(7-10)21-15-9-16(23)22(17(15)24)12-5-6-13(19)14(20)8-12/h2-8,15,21H,9H2,1H3/t15-/m0/s1. The maximum Gasteiger partial charge on any atom is 0.337 e. The van der Waals surface area contributed by atoms with Gasteiger partial charge in [-0.3, -0.25) is 9.59 Å². The lowest BCUT2D eigenvalue weighted by Gasteiger charge is -2.17. The molecule has 1 aliphatic rings. The van der Waals surface area contributed by atoms with E-state index in [1.54, 1.807) is 30.3 Å². The van der Waals surface area contributed by atoms with E-state index < -0.39 is 17.9 Å². The summed E-state index contributed by atoms with van der Waals surface area (Å²) >= 11 is 11.9. The fraction of sp³-hybridized carbons (Fsp3) is 0.167. The molecule has 1 heterocycles. The zero-order valence-corrected chi connectivity index (χ0v) is 15.2. The predicted octanol–water partition coefficient (Wildman–Crippen LogP) is 3.52. The van der Waals surface area contributed by atoms with Gasteiger partial charge in [0.1, 0.15) is 6.04 Å². The van der Waals surface area contributed by atoms with Gasteiger partial charge in [-0.05, 0) is 36.4 Å². The smallest absolute Gasteiger partial charge is 0.337 e. The molecule has 1 aliphatic heterocycles. The van der Waals surface area contributed by atoms with Crippen LogP contribution in [0.3, 0.4) is 0 Å². The molecule has 1 saturated heterocycles. The summed E-state index contributed by atoms with van der Waals surface area (Å²) in [6.07, 6.45) is -0.0124. The van der Waals surface area contributed by atoms with Gasteiger partial charge in [-0.1, -0.05) is 29.3 Å². The summed E-state index contributed by atoms with van der Waals surface area (Å²) in [5, 5.41) is 3.58. The van der Waals surface area contributed by atoms with Crippen molar-refractivity contribution >= 4 is 52.4 Å². The first-order valence-corrected chi connectivity index (χ1v) is 8.43. The highest BCUT2D eigenvalue weighted by molar-refractivity contribution is 6.42. The lowest BCUT2D eigenvalue weighted by Crippen LogP contribution is -2.34. The van der Waals surface area contributed by atoms with Gasteiger partial charge in [0.2, 0.25) is 5.91 Å². The van der Waals surface area contributed by atoms with Crippen LogP contribution in [-0.2, 0) is 14.3 Å². The van der Waals surface area contributed by atoms with E-state index in [1.165, 1.54) is 19.2 Å². The number of rotatable bonds is 4. The van der Waals surface area contributed by atoms with Crippen LogP contribution in [0, 0.1) is 0 Å². The maximum atomic E-state index is 12.7. The number of anilines is 2. The summed E-state index contributed by atoms with van der Waals surface area (Å²) in [6, 6.07) is 10.3. The van der Waals surface area contributed by atoms with Crippen molar-refractivity contribution in [3.8, 4) is 0 Å². The number of methoxy groups -OCH3 is 1. The molecule has 26 heavy (non-hydrogen) atoms. The van der Waals surface area contributed by atoms with Gasteiger partial charge in [-0.2, -0.15) is 0 Å². The molecule has 1 N–H and O–H groups in total. The van der Waals surface area contributed by atoms with Crippen molar-refractivity contribution in [2.75, 3.05) is 17.3 Å². The van der Waals surface area contributed by atoms with Gasteiger partial charge in [0, 0.05) is 5.69 Å². The van der Waals surface area contributed by atoms with Gasteiger partial charge in [0.25, 0.3) is 5.91 Å². The number of imide groups is 1. The van der Waals surface area contributed by atoms with E-state index in [-0.39, 0.29) is 17.4 Å². The van der Waals surface area contributed by atoms with Gasteiger partial charge >= 0.3 is 5.97 Å². The second-order valence-corrected chi connectivity index (χ2v) is 6.45. The number of carbonyl (C=O) groups excluding carboxylic acids is 3. The largest absolute Gasteiger partial charge is 0.465 e. The first-order chi connectivity index (χ1) is 12.4. The van der Waals surface area contributed by atoms with Gasteiger partial charge in [-0.15, -0.1) is 0 Å². The quantitative estimate of drug-likeness (QED) is 0.636. The topological polar surface area (TPSA) is 75.7 Å². The summed E-state index contributed by atoms with van der Waals surface area (Å²) in [6.45, 7) is 0. The van der Waals surface area contributed by atoms with E-state index in [9.17, 15) is 14.4 Å². The number of carbonyl (C=O) groups is 3. The van der Waals surface area contributed by atoms with Gasteiger partial charge in [0.05, 0.1) is 34.8 Å². The van der Waals surface area contributed by atoms with Crippen molar-refractivity contribution in [3.63, 3.8) is 0 Å². The third-order valence-electron chi connectivity index (χ3n) is 3.93. The summed E-state index contributed by atoms with van der Waals surface area (Å²) < 4.78 is 4.68. The van der Waals surface area contributed by atoms with Crippen LogP contribution in [0.1, 0.15) is 16.8 Å². The van der Waals surface area contributed by atoms with Crippen molar-refractivity contribution < 1.29 is 19.1 Å². The minimum Gasteiger partial charge on any atom is -0.465 e. The Morgan fingerprint density at radius 1 is 1.15 bits per heavy atom. The monoisotopic (exact) mass is 392 g/mol. The number of ether oxygens (including phenoxy) is 1. The lowest BCUT2D eigenvalue weighted by molar-refractivity contribution is -0.121. The molecular weight excluding hydrogens is 379 g/mol. The van der Waals surface area contributed by atoms with Crippen molar-refractivity contribution in [2.24, 2.45) is 0 Å². The van der Waals surface area contributed by atoms with Gasteiger partial charge in [-0.25, -0.2) is 9.69 Å². The Morgan fingerprint density at radius 2 is 1.92 bits per heavy atom. The van der Waals surface area contributed by atoms with E-state index >= 15 is 0 Å². The average Bonchev–Trinajstić information content (AvgIpc) is 2.90. The fourth-order valence-corrected chi connectivity index (χ4v) is 2.99. The van der Waals surface area contributed by atoms with Crippen molar-refractivity contribution in [3.05, 3.63) is 58.1 Å². The minimum atomic E-state index is -0.746. The molecule has 134 valence electrons. The molecule has 0 aliphatic carbocycles. The molecule has 2 amide bonds. The number of halogens is 2. The summed E-state index contributed by atoms with van der Waals surface area (Å²) in [4.78, 5) is 37.7. The van der Waals surface area contributed by atoms with E-state index in [0.29, 0.717) is 22.0 Å². The Balaban J connectivity index is 1.81. The highest BCUT2D eigenvalue weighted by Gasteiger charge is 2.39.